The lowest BCUT2D eigenvalue weighted by molar-refractivity contribution is 0.103. The lowest BCUT2D eigenvalue weighted by atomic mass is 9.86. The first-order chi connectivity index (χ1) is 17.2. The molecular formula is C32H32N2OS. The molecule has 0 aliphatic heterocycles. The highest BCUT2D eigenvalue weighted by Gasteiger charge is 2.17. The smallest absolute Gasteiger partial charge is 0.193 e. The minimum atomic E-state index is -0.0998. The molecule has 1 atom stereocenters. The molecule has 0 saturated carbocycles. The van der Waals surface area contributed by atoms with E-state index in [1.807, 2.05) is 66.7 Å². The number of carbonyl (C=O) groups excluding carboxylic acids is 1. The first kappa shape index (κ1) is 25.3. The molecule has 36 heavy (non-hydrogen) atoms. The minimum Gasteiger partial charge on any atom is -0.352 e. The third kappa shape index (κ3) is 6.27. The van der Waals surface area contributed by atoms with Crippen molar-refractivity contribution in [2.24, 2.45) is 0 Å². The van der Waals surface area contributed by atoms with Crippen LogP contribution in [0.25, 0.3) is 0 Å². The summed E-state index contributed by atoms with van der Waals surface area (Å²) >= 11 is 5.69. The Kier molecular flexibility index (Phi) is 7.66. The van der Waals surface area contributed by atoms with Gasteiger partial charge < -0.3 is 10.6 Å². The molecule has 0 aromatic heterocycles. The van der Waals surface area contributed by atoms with E-state index in [1.165, 1.54) is 11.1 Å². The highest BCUT2D eigenvalue weighted by Crippen LogP contribution is 2.25. The predicted octanol–water partition coefficient (Wildman–Crippen LogP) is 7.60. The van der Waals surface area contributed by atoms with Gasteiger partial charge in [0.2, 0.25) is 0 Å². The van der Waals surface area contributed by atoms with Gasteiger partial charge in [-0.25, -0.2) is 0 Å². The summed E-state index contributed by atoms with van der Waals surface area (Å²) in [5, 5.41) is 7.22. The summed E-state index contributed by atoms with van der Waals surface area (Å²) < 4.78 is 0. The van der Waals surface area contributed by atoms with Crippen molar-refractivity contribution in [3.8, 4) is 0 Å². The van der Waals surface area contributed by atoms with Crippen LogP contribution in [0.2, 0.25) is 0 Å². The molecule has 0 fully saturated rings. The molecule has 4 rings (SSSR count). The molecular weight excluding hydrogens is 460 g/mol. The van der Waals surface area contributed by atoms with Crippen LogP contribution in [0.15, 0.2) is 103 Å². The standard InChI is InChI=1S/C32H32N2OS/c1-22-10-8-13-25(20-22)29(23-11-6-5-7-12-23)34-31(36)33-28-15-9-14-26(21-28)30(35)24-16-18-27(19-17-24)32(2,3)4/h5-21,29H,1-4H3,(H2,33,34,36). The average Bonchev–Trinajstić information content (AvgIpc) is 2.87. The van der Waals surface area contributed by atoms with Crippen LogP contribution in [-0.2, 0) is 5.41 Å². The Labute approximate surface area is 219 Å². The van der Waals surface area contributed by atoms with Crippen molar-refractivity contribution in [2.75, 3.05) is 5.32 Å². The van der Waals surface area contributed by atoms with E-state index in [9.17, 15) is 4.79 Å². The zero-order valence-corrected chi connectivity index (χ0v) is 22.0. The molecule has 182 valence electrons. The number of anilines is 1. The Morgan fingerprint density at radius 2 is 1.42 bits per heavy atom. The number of rotatable bonds is 6. The zero-order valence-electron chi connectivity index (χ0n) is 21.2. The number of hydrogen-bond acceptors (Lipinski definition) is 2. The normalized spacial score (nSPS) is 12.0. The maximum Gasteiger partial charge on any atom is 0.193 e. The summed E-state index contributed by atoms with van der Waals surface area (Å²) in [6.07, 6.45) is 0. The van der Waals surface area contributed by atoms with Crippen molar-refractivity contribution < 1.29 is 4.79 Å². The predicted molar refractivity (Wildman–Crippen MR) is 154 cm³/mol. The fraction of sp³-hybridized carbons (Fsp3) is 0.188. The van der Waals surface area contributed by atoms with Crippen LogP contribution in [0, 0.1) is 6.92 Å². The van der Waals surface area contributed by atoms with Gasteiger partial charge in [0, 0.05) is 16.8 Å². The fourth-order valence-electron chi connectivity index (χ4n) is 4.18. The third-order valence-electron chi connectivity index (χ3n) is 6.18. The number of thiocarbonyl (C=S) groups is 1. The summed E-state index contributed by atoms with van der Waals surface area (Å²) in [5.74, 6) is -0.0140. The van der Waals surface area contributed by atoms with Gasteiger partial charge in [-0.1, -0.05) is 117 Å². The third-order valence-corrected chi connectivity index (χ3v) is 6.40. The largest absolute Gasteiger partial charge is 0.352 e. The number of aryl methyl sites for hydroxylation is 1. The molecule has 4 aromatic carbocycles. The molecule has 0 bridgehead atoms. The van der Waals surface area contributed by atoms with Crippen LogP contribution in [0.1, 0.15) is 65.0 Å². The topological polar surface area (TPSA) is 41.1 Å². The van der Waals surface area contributed by atoms with Crippen molar-refractivity contribution in [1.29, 1.82) is 0 Å². The summed E-state index contributed by atoms with van der Waals surface area (Å²) in [6.45, 7) is 8.58. The molecule has 2 N–H and O–H groups in total. The summed E-state index contributed by atoms with van der Waals surface area (Å²) in [5.41, 5.74) is 6.74. The van der Waals surface area contributed by atoms with Gasteiger partial charge >= 0.3 is 0 Å². The lowest BCUT2D eigenvalue weighted by Crippen LogP contribution is -2.33. The van der Waals surface area contributed by atoms with Crippen LogP contribution < -0.4 is 10.6 Å². The minimum absolute atomic E-state index is 0.0140. The Balaban J connectivity index is 1.51. The van der Waals surface area contributed by atoms with Crippen molar-refractivity contribution >= 4 is 28.8 Å². The van der Waals surface area contributed by atoms with Gasteiger partial charge in [0.25, 0.3) is 0 Å². The quantitative estimate of drug-likeness (QED) is 0.215. The lowest BCUT2D eigenvalue weighted by Gasteiger charge is -2.22. The average molecular weight is 493 g/mol. The van der Waals surface area contributed by atoms with Gasteiger partial charge in [-0.2, -0.15) is 0 Å². The van der Waals surface area contributed by atoms with E-state index < -0.39 is 0 Å². The first-order valence-electron chi connectivity index (χ1n) is 12.1. The van der Waals surface area contributed by atoms with Crippen LogP contribution >= 0.6 is 12.2 Å². The Morgan fingerprint density at radius 3 is 2.08 bits per heavy atom. The number of nitrogens with one attached hydrogen (secondary N) is 2. The van der Waals surface area contributed by atoms with E-state index >= 15 is 0 Å². The molecule has 3 nitrogen and oxygen atoms in total. The Bertz CT molecular complexity index is 1360. The van der Waals surface area contributed by atoms with Crippen LogP contribution in [0.4, 0.5) is 5.69 Å². The van der Waals surface area contributed by atoms with Crippen LogP contribution in [-0.4, -0.2) is 10.9 Å². The highest BCUT2D eigenvalue weighted by molar-refractivity contribution is 7.80. The second kappa shape index (κ2) is 10.9. The maximum atomic E-state index is 13.1. The molecule has 0 radical (unpaired) electrons. The van der Waals surface area contributed by atoms with E-state index in [2.05, 4.69) is 74.7 Å². The first-order valence-corrected chi connectivity index (χ1v) is 12.6. The summed E-state index contributed by atoms with van der Waals surface area (Å²) in [6, 6.07) is 33.9. The monoisotopic (exact) mass is 492 g/mol. The molecule has 4 heteroatoms. The molecule has 0 saturated heterocycles. The van der Waals surface area contributed by atoms with Gasteiger partial charge in [0.05, 0.1) is 6.04 Å². The van der Waals surface area contributed by atoms with E-state index in [0.717, 1.165) is 16.8 Å². The molecule has 0 aliphatic rings. The van der Waals surface area contributed by atoms with Crippen molar-refractivity contribution in [1.82, 2.24) is 5.32 Å². The Morgan fingerprint density at radius 1 is 0.750 bits per heavy atom. The molecule has 0 spiro atoms. The van der Waals surface area contributed by atoms with E-state index in [0.29, 0.717) is 16.2 Å². The molecule has 0 amide bonds. The number of ketones is 1. The second-order valence-electron chi connectivity index (χ2n) is 10.1. The van der Waals surface area contributed by atoms with Crippen molar-refractivity contribution in [3.63, 3.8) is 0 Å². The fourth-order valence-corrected chi connectivity index (χ4v) is 4.41. The molecule has 0 heterocycles. The summed E-state index contributed by atoms with van der Waals surface area (Å²) in [7, 11) is 0. The van der Waals surface area contributed by atoms with Gasteiger partial charge in [0.1, 0.15) is 0 Å². The Hall–Kier alpha value is -3.76. The van der Waals surface area contributed by atoms with Crippen LogP contribution in [0.3, 0.4) is 0 Å². The molecule has 0 aliphatic carbocycles. The number of hydrogen-bond donors (Lipinski definition) is 2. The van der Waals surface area contributed by atoms with Gasteiger partial charge in [-0.3, -0.25) is 4.79 Å². The van der Waals surface area contributed by atoms with Crippen molar-refractivity contribution in [3.05, 3.63) is 137 Å². The second-order valence-corrected chi connectivity index (χ2v) is 10.5. The SMILES string of the molecule is Cc1cccc(C(NC(=S)Nc2cccc(C(=O)c3ccc(C(C)(C)C)cc3)c2)c2ccccc2)c1. The molecule has 1 unspecified atom stereocenters. The molecule has 4 aromatic rings. The highest BCUT2D eigenvalue weighted by atomic mass is 32.1. The van der Waals surface area contributed by atoms with E-state index in [1.54, 1.807) is 0 Å². The van der Waals surface area contributed by atoms with Crippen molar-refractivity contribution in [2.45, 2.75) is 39.2 Å². The van der Waals surface area contributed by atoms with E-state index in [4.69, 9.17) is 12.2 Å². The van der Waals surface area contributed by atoms with Crippen LogP contribution in [0.5, 0.6) is 0 Å². The van der Waals surface area contributed by atoms with Gasteiger partial charge in [0.15, 0.2) is 10.9 Å². The number of benzene rings is 4. The van der Waals surface area contributed by atoms with E-state index in [-0.39, 0.29) is 17.2 Å². The van der Waals surface area contributed by atoms with Gasteiger partial charge in [-0.15, -0.1) is 0 Å². The maximum absolute atomic E-state index is 13.1. The number of carbonyl (C=O) groups is 1. The summed E-state index contributed by atoms with van der Waals surface area (Å²) in [4.78, 5) is 13.1. The zero-order chi connectivity index (χ0) is 25.7. The van der Waals surface area contributed by atoms with Gasteiger partial charge in [-0.05, 0) is 53.4 Å².